The van der Waals surface area contributed by atoms with Crippen molar-refractivity contribution in [1.29, 1.82) is 0 Å². The van der Waals surface area contributed by atoms with Gasteiger partial charge in [-0.25, -0.2) is 4.98 Å². The number of aromatic nitrogens is 2. The molecular weight excluding hydrogens is 192 g/mol. The van der Waals surface area contributed by atoms with Crippen LogP contribution in [0.15, 0.2) is 29.3 Å². The highest BCUT2D eigenvalue weighted by Gasteiger charge is 2.01. The van der Waals surface area contributed by atoms with E-state index in [-0.39, 0.29) is 5.56 Å². The van der Waals surface area contributed by atoms with Gasteiger partial charge in [0.2, 0.25) is 0 Å². The number of nitrogens with zero attached hydrogens (tertiary/aromatic N) is 1. The lowest BCUT2D eigenvalue weighted by Gasteiger charge is -2.04. The number of nitrogens with one attached hydrogen (secondary N) is 1. The smallest absolute Gasteiger partial charge is 0.258 e. The Hall–Kier alpha value is -1.84. The minimum Gasteiger partial charge on any atom is -0.494 e. The lowest BCUT2D eigenvalue weighted by Crippen LogP contribution is -2.06. The van der Waals surface area contributed by atoms with E-state index >= 15 is 0 Å². The molecule has 1 aromatic heterocycles. The molecule has 0 amide bonds. The lowest BCUT2D eigenvalue weighted by atomic mass is 10.2. The summed E-state index contributed by atoms with van der Waals surface area (Å²) in [4.78, 5) is 18.0. The number of ether oxygens (including phenoxy) is 1. The van der Waals surface area contributed by atoms with E-state index in [9.17, 15) is 4.79 Å². The van der Waals surface area contributed by atoms with E-state index < -0.39 is 0 Å². The molecular formula is C11H12N2O2. The fourth-order valence-corrected chi connectivity index (χ4v) is 1.36. The Morgan fingerprint density at radius 2 is 2.33 bits per heavy atom. The number of fused-ring (bicyclic) bond motifs is 1. The first kappa shape index (κ1) is 9.71. The fraction of sp³-hybridized carbons (Fsp3) is 0.273. The predicted octanol–water partition coefficient (Wildman–Crippen LogP) is 1.71. The predicted molar refractivity (Wildman–Crippen MR) is 58.1 cm³/mol. The van der Waals surface area contributed by atoms with Gasteiger partial charge in [-0.05, 0) is 24.6 Å². The first-order valence-corrected chi connectivity index (χ1v) is 4.91. The summed E-state index contributed by atoms with van der Waals surface area (Å²) in [7, 11) is 0. The summed E-state index contributed by atoms with van der Waals surface area (Å²) in [5.41, 5.74) is 0.546. The van der Waals surface area contributed by atoms with E-state index in [1.165, 1.54) is 6.33 Å². The largest absolute Gasteiger partial charge is 0.494 e. The van der Waals surface area contributed by atoms with Gasteiger partial charge in [0.1, 0.15) is 5.75 Å². The summed E-state index contributed by atoms with van der Waals surface area (Å²) in [5.74, 6) is 0.711. The van der Waals surface area contributed by atoms with Crippen molar-refractivity contribution in [1.82, 2.24) is 9.97 Å². The molecule has 0 aliphatic carbocycles. The Morgan fingerprint density at radius 1 is 1.47 bits per heavy atom. The maximum absolute atomic E-state index is 11.5. The maximum atomic E-state index is 11.5. The van der Waals surface area contributed by atoms with Crippen molar-refractivity contribution in [3.63, 3.8) is 0 Å². The van der Waals surface area contributed by atoms with Crippen LogP contribution in [0.25, 0.3) is 10.9 Å². The number of benzene rings is 1. The van der Waals surface area contributed by atoms with Gasteiger partial charge in [-0.2, -0.15) is 0 Å². The molecule has 1 heterocycles. The summed E-state index contributed by atoms with van der Waals surface area (Å²) < 4.78 is 5.44. The van der Waals surface area contributed by atoms with Gasteiger partial charge in [-0.3, -0.25) is 4.79 Å². The Labute approximate surface area is 86.9 Å². The van der Waals surface area contributed by atoms with Gasteiger partial charge in [-0.1, -0.05) is 6.92 Å². The number of rotatable bonds is 3. The molecule has 0 saturated heterocycles. The van der Waals surface area contributed by atoms with Gasteiger partial charge in [0, 0.05) is 0 Å². The highest BCUT2D eigenvalue weighted by Crippen LogP contribution is 2.16. The van der Waals surface area contributed by atoms with Crippen LogP contribution in [0.5, 0.6) is 5.75 Å². The van der Waals surface area contributed by atoms with E-state index in [4.69, 9.17) is 4.74 Å². The third kappa shape index (κ3) is 1.98. The zero-order chi connectivity index (χ0) is 10.7. The summed E-state index contributed by atoms with van der Waals surface area (Å²) in [6.45, 7) is 2.69. The van der Waals surface area contributed by atoms with E-state index in [2.05, 4.69) is 9.97 Å². The van der Waals surface area contributed by atoms with Crippen LogP contribution in [-0.4, -0.2) is 16.6 Å². The average molecular weight is 204 g/mol. The van der Waals surface area contributed by atoms with Crippen LogP contribution in [0.4, 0.5) is 0 Å². The first-order valence-electron chi connectivity index (χ1n) is 4.91. The Morgan fingerprint density at radius 3 is 3.13 bits per heavy atom. The molecule has 78 valence electrons. The van der Waals surface area contributed by atoms with Crippen molar-refractivity contribution in [2.45, 2.75) is 13.3 Å². The second-order valence-electron chi connectivity index (χ2n) is 3.26. The molecule has 0 saturated carbocycles. The van der Waals surface area contributed by atoms with Gasteiger partial charge < -0.3 is 9.72 Å². The van der Waals surface area contributed by atoms with Crippen molar-refractivity contribution in [3.05, 3.63) is 34.9 Å². The molecule has 0 spiro atoms. The molecule has 15 heavy (non-hydrogen) atoms. The molecule has 0 radical (unpaired) electrons. The quantitative estimate of drug-likeness (QED) is 0.828. The molecule has 0 aliphatic heterocycles. The van der Waals surface area contributed by atoms with Gasteiger partial charge in [-0.15, -0.1) is 0 Å². The standard InChI is InChI=1S/C11H12N2O2/c1-2-5-15-8-3-4-10-9(6-8)11(14)13-7-12-10/h3-4,6-7H,2,5H2,1H3,(H,12,13,14). The molecule has 0 aliphatic rings. The van der Waals surface area contributed by atoms with Crippen LogP contribution in [0, 0.1) is 0 Å². The minimum absolute atomic E-state index is 0.137. The summed E-state index contributed by atoms with van der Waals surface area (Å²) >= 11 is 0. The molecule has 4 nitrogen and oxygen atoms in total. The molecule has 0 fully saturated rings. The Bertz CT molecular complexity index is 519. The third-order valence-electron chi connectivity index (χ3n) is 2.08. The van der Waals surface area contributed by atoms with Crippen LogP contribution in [-0.2, 0) is 0 Å². The van der Waals surface area contributed by atoms with Crippen molar-refractivity contribution < 1.29 is 4.74 Å². The molecule has 2 aromatic rings. The maximum Gasteiger partial charge on any atom is 0.258 e. The monoisotopic (exact) mass is 204 g/mol. The summed E-state index contributed by atoms with van der Waals surface area (Å²) in [6.07, 6.45) is 2.35. The topological polar surface area (TPSA) is 55.0 Å². The molecule has 1 aromatic carbocycles. The van der Waals surface area contributed by atoms with Crippen LogP contribution < -0.4 is 10.3 Å². The highest BCUT2D eigenvalue weighted by atomic mass is 16.5. The van der Waals surface area contributed by atoms with Crippen LogP contribution >= 0.6 is 0 Å². The first-order chi connectivity index (χ1) is 7.31. The number of aromatic amines is 1. The molecule has 0 bridgehead atoms. The fourth-order valence-electron chi connectivity index (χ4n) is 1.36. The molecule has 0 atom stereocenters. The normalized spacial score (nSPS) is 10.5. The molecule has 2 rings (SSSR count). The van der Waals surface area contributed by atoms with Crippen LogP contribution in [0.1, 0.15) is 13.3 Å². The molecule has 4 heteroatoms. The second kappa shape index (κ2) is 4.13. The number of hydrogen-bond acceptors (Lipinski definition) is 3. The molecule has 0 unspecified atom stereocenters. The Kier molecular flexibility index (Phi) is 2.67. The van der Waals surface area contributed by atoms with Gasteiger partial charge in [0.05, 0.1) is 23.8 Å². The molecule has 1 N–H and O–H groups in total. The van der Waals surface area contributed by atoms with Gasteiger partial charge >= 0.3 is 0 Å². The van der Waals surface area contributed by atoms with E-state index in [0.29, 0.717) is 23.3 Å². The lowest BCUT2D eigenvalue weighted by molar-refractivity contribution is 0.318. The van der Waals surface area contributed by atoms with Crippen LogP contribution in [0.2, 0.25) is 0 Å². The van der Waals surface area contributed by atoms with E-state index in [1.807, 2.05) is 13.0 Å². The minimum atomic E-state index is -0.137. The summed E-state index contributed by atoms with van der Waals surface area (Å²) in [6, 6.07) is 5.33. The zero-order valence-corrected chi connectivity index (χ0v) is 8.49. The van der Waals surface area contributed by atoms with Crippen LogP contribution in [0.3, 0.4) is 0 Å². The zero-order valence-electron chi connectivity index (χ0n) is 8.49. The van der Waals surface area contributed by atoms with Gasteiger partial charge in [0.25, 0.3) is 5.56 Å². The van der Waals surface area contributed by atoms with Crippen molar-refractivity contribution >= 4 is 10.9 Å². The van der Waals surface area contributed by atoms with Crippen molar-refractivity contribution in [3.8, 4) is 5.75 Å². The Balaban J connectivity index is 2.45. The van der Waals surface area contributed by atoms with Gasteiger partial charge in [0.15, 0.2) is 0 Å². The summed E-state index contributed by atoms with van der Waals surface area (Å²) in [5, 5.41) is 0.561. The average Bonchev–Trinajstić information content (AvgIpc) is 2.27. The number of hydrogen-bond donors (Lipinski definition) is 1. The highest BCUT2D eigenvalue weighted by molar-refractivity contribution is 5.78. The van der Waals surface area contributed by atoms with Crippen molar-refractivity contribution in [2.75, 3.05) is 6.61 Å². The SMILES string of the molecule is CCCOc1ccc2nc[nH]c(=O)c2c1. The van der Waals surface area contributed by atoms with Crippen molar-refractivity contribution in [2.24, 2.45) is 0 Å². The number of H-pyrrole nitrogens is 1. The van der Waals surface area contributed by atoms with E-state index in [0.717, 1.165) is 6.42 Å². The van der Waals surface area contributed by atoms with E-state index in [1.54, 1.807) is 12.1 Å². The second-order valence-corrected chi connectivity index (χ2v) is 3.26. The third-order valence-corrected chi connectivity index (χ3v) is 2.08.